The summed E-state index contributed by atoms with van der Waals surface area (Å²) in [7, 11) is 0. The third-order valence-corrected chi connectivity index (χ3v) is 4.07. The van der Waals surface area contributed by atoms with Crippen molar-refractivity contribution in [1.29, 1.82) is 0 Å². The number of ether oxygens (including phenoxy) is 2. The first-order valence-corrected chi connectivity index (χ1v) is 8.94. The second-order valence-corrected chi connectivity index (χ2v) is 6.49. The quantitative estimate of drug-likeness (QED) is 0.817. The Balaban J connectivity index is 1.60. The molecule has 1 amide bonds. The Morgan fingerprint density at radius 2 is 1.74 bits per heavy atom. The maximum Gasteiger partial charge on any atom is 0.338 e. The highest BCUT2D eigenvalue weighted by Gasteiger charge is 2.14. The third-order valence-electron chi connectivity index (χ3n) is 4.07. The SMILES string of the molecule is CC(C)OC(=O)c1ccc(NC(=O)c2ccc(N3CCOCC3)nc2)cc1. The van der Waals surface area contributed by atoms with Crippen molar-refractivity contribution < 1.29 is 19.1 Å². The number of hydrogen-bond acceptors (Lipinski definition) is 6. The lowest BCUT2D eigenvalue weighted by Crippen LogP contribution is -2.36. The van der Waals surface area contributed by atoms with E-state index in [-0.39, 0.29) is 18.0 Å². The molecule has 1 fully saturated rings. The number of anilines is 2. The van der Waals surface area contributed by atoms with E-state index in [4.69, 9.17) is 9.47 Å². The normalized spacial score (nSPS) is 14.1. The number of nitrogens with zero attached hydrogens (tertiary/aromatic N) is 2. The molecule has 1 aliphatic heterocycles. The molecule has 2 heterocycles. The Hall–Kier alpha value is -2.93. The standard InChI is InChI=1S/C20H23N3O4/c1-14(2)27-20(25)15-3-6-17(7-4-15)22-19(24)16-5-8-18(21-13-16)23-9-11-26-12-10-23/h3-8,13-14H,9-12H2,1-2H3,(H,22,24). The molecule has 0 radical (unpaired) electrons. The van der Waals surface area contributed by atoms with Crippen LogP contribution >= 0.6 is 0 Å². The number of benzene rings is 1. The molecule has 1 aliphatic rings. The van der Waals surface area contributed by atoms with Gasteiger partial charge >= 0.3 is 5.97 Å². The number of morpholine rings is 1. The van der Waals surface area contributed by atoms with E-state index in [0.29, 0.717) is 30.0 Å². The second kappa shape index (κ2) is 8.64. The van der Waals surface area contributed by atoms with Gasteiger partial charge in [0.2, 0.25) is 0 Å². The van der Waals surface area contributed by atoms with Crippen LogP contribution < -0.4 is 10.2 Å². The smallest absolute Gasteiger partial charge is 0.338 e. The highest BCUT2D eigenvalue weighted by molar-refractivity contribution is 6.04. The lowest BCUT2D eigenvalue weighted by atomic mass is 10.2. The van der Waals surface area contributed by atoms with Crippen LogP contribution in [0, 0.1) is 0 Å². The predicted octanol–water partition coefficient (Wildman–Crippen LogP) is 2.74. The van der Waals surface area contributed by atoms with E-state index in [0.717, 1.165) is 18.9 Å². The van der Waals surface area contributed by atoms with Gasteiger partial charge in [0.1, 0.15) is 5.82 Å². The molecule has 1 N–H and O–H groups in total. The van der Waals surface area contributed by atoms with Crippen molar-refractivity contribution in [3.05, 3.63) is 53.7 Å². The molecule has 0 saturated carbocycles. The van der Waals surface area contributed by atoms with Crippen LogP contribution in [0.5, 0.6) is 0 Å². The van der Waals surface area contributed by atoms with Crippen molar-refractivity contribution in [3.63, 3.8) is 0 Å². The van der Waals surface area contributed by atoms with E-state index in [1.165, 1.54) is 0 Å². The fourth-order valence-corrected chi connectivity index (χ4v) is 2.67. The summed E-state index contributed by atoms with van der Waals surface area (Å²) in [5, 5.41) is 2.80. The average Bonchev–Trinajstić information content (AvgIpc) is 2.69. The molecular weight excluding hydrogens is 346 g/mol. The topological polar surface area (TPSA) is 80.8 Å². The van der Waals surface area contributed by atoms with Crippen LogP contribution in [0.2, 0.25) is 0 Å². The van der Waals surface area contributed by atoms with E-state index in [9.17, 15) is 9.59 Å². The summed E-state index contributed by atoms with van der Waals surface area (Å²) >= 11 is 0. The van der Waals surface area contributed by atoms with Gasteiger partial charge in [0.25, 0.3) is 5.91 Å². The summed E-state index contributed by atoms with van der Waals surface area (Å²) in [6.45, 7) is 6.55. The Kier molecular flexibility index (Phi) is 6.03. The van der Waals surface area contributed by atoms with Crippen molar-refractivity contribution >= 4 is 23.4 Å². The van der Waals surface area contributed by atoms with Gasteiger partial charge < -0.3 is 19.7 Å². The zero-order chi connectivity index (χ0) is 19.2. The van der Waals surface area contributed by atoms with Crippen LogP contribution in [0.15, 0.2) is 42.6 Å². The van der Waals surface area contributed by atoms with Crippen LogP contribution in [0.4, 0.5) is 11.5 Å². The number of carbonyl (C=O) groups excluding carboxylic acids is 2. The highest BCUT2D eigenvalue weighted by Crippen LogP contribution is 2.15. The van der Waals surface area contributed by atoms with Crippen LogP contribution in [0.3, 0.4) is 0 Å². The first-order valence-electron chi connectivity index (χ1n) is 8.94. The van der Waals surface area contributed by atoms with Gasteiger partial charge in [-0.2, -0.15) is 0 Å². The van der Waals surface area contributed by atoms with Gasteiger partial charge in [-0.3, -0.25) is 4.79 Å². The molecule has 3 rings (SSSR count). The van der Waals surface area contributed by atoms with Crippen LogP contribution in [0.1, 0.15) is 34.6 Å². The van der Waals surface area contributed by atoms with E-state index in [1.54, 1.807) is 50.4 Å². The lowest BCUT2D eigenvalue weighted by Gasteiger charge is -2.27. The van der Waals surface area contributed by atoms with Gasteiger partial charge in [0.05, 0.1) is 30.4 Å². The van der Waals surface area contributed by atoms with Crippen molar-refractivity contribution in [2.24, 2.45) is 0 Å². The molecule has 27 heavy (non-hydrogen) atoms. The first kappa shape index (κ1) is 18.8. The number of hydrogen-bond donors (Lipinski definition) is 1. The fraction of sp³-hybridized carbons (Fsp3) is 0.350. The summed E-state index contributed by atoms with van der Waals surface area (Å²) in [5.41, 5.74) is 1.51. The number of nitrogens with one attached hydrogen (secondary N) is 1. The molecule has 7 heteroatoms. The Bertz CT molecular complexity index is 782. The largest absolute Gasteiger partial charge is 0.459 e. The molecule has 142 valence electrons. The Morgan fingerprint density at radius 3 is 2.33 bits per heavy atom. The molecule has 1 aromatic carbocycles. The number of rotatable bonds is 5. The maximum absolute atomic E-state index is 12.4. The molecule has 0 bridgehead atoms. The zero-order valence-corrected chi connectivity index (χ0v) is 15.5. The average molecular weight is 369 g/mol. The fourth-order valence-electron chi connectivity index (χ4n) is 2.67. The van der Waals surface area contributed by atoms with Gasteiger partial charge in [0.15, 0.2) is 0 Å². The summed E-state index contributed by atoms with van der Waals surface area (Å²) in [5.74, 6) is 0.196. The summed E-state index contributed by atoms with van der Waals surface area (Å²) < 4.78 is 10.5. The molecule has 0 spiro atoms. The van der Waals surface area contributed by atoms with E-state index in [1.807, 2.05) is 6.07 Å². The molecular formula is C20H23N3O4. The van der Waals surface area contributed by atoms with Crippen LogP contribution in [-0.2, 0) is 9.47 Å². The maximum atomic E-state index is 12.4. The van der Waals surface area contributed by atoms with Crippen molar-refractivity contribution in [2.45, 2.75) is 20.0 Å². The number of esters is 1. The number of amides is 1. The molecule has 1 saturated heterocycles. The molecule has 2 aromatic rings. The number of pyridine rings is 1. The minimum Gasteiger partial charge on any atom is -0.459 e. The summed E-state index contributed by atoms with van der Waals surface area (Å²) in [6, 6.07) is 10.2. The van der Waals surface area contributed by atoms with Gasteiger partial charge in [-0.05, 0) is 50.2 Å². The van der Waals surface area contributed by atoms with Crippen LogP contribution in [0.25, 0.3) is 0 Å². The predicted molar refractivity (Wildman–Crippen MR) is 102 cm³/mol. The van der Waals surface area contributed by atoms with Gasteiger partial charge in [-0.1, -0.05) is 0 Å². The number of aromatic nitrogens is 1. The minimum atomic E-state index is -0.384. The van der Waals surface area contributed by atoms with E-state index >= 15 is 0 Å². The molecule has 7 nitrogen and oxygen atoms in total. The van der Waals surface area contributed by atoms with Gasteiger partial charge in [-0.25, -0.2) is 9.78 Å². The Morgan fingerprint density at radius 1 is 1.07 bits per heavy atom. The molecule has 1 aromatic heterocycles. The summed E-state index contributed by atoms with van der Waals surface area (Å²) in [4.78, 5) is 30.7. The van der Waals surface area contributed by atoms with Gasteiger partial charge in [0, 0.05) is 25.0 Å². The molecule has 0 aliphatic carbocycles. The minimum absolute atomic E-state index is 0.176. The van der Waals surface area contributed by atoms with Crippen LogP contribution in [-0.4, -0.2) is 49.3 Å². The third kappa shape index (κ3) is 5.04. The summed E-state index contributed by atoms with van der Waals surface area (Å²) in [6.07, 6.45) is 1.39. The highest BCUT2D eigenvalue weighted by atomic mass is 16.5. The lowest BCUT2D eigenvalue weighted by molar-refractivity contribution is 0.0378. The second-order valence-electron chi connectivity index (χ2n) is 6.49. The van der Waals surface area contributed by atoms with E-state index in [2.05, 4.69) is 15.2 Å². The van der Waals surface area contributed by atoms with Crippen molar-refractivity contribution in [3.8, 4) is 0 Å². The monoisotopic (exact) mass is 369 g/mol. The van der Waals surface area contributed by atoms with Crippen molar-refractivity contribution in [2.75, 3.05) is 36.5 Å². The Labute approximate surface area is 158 Å². The zero-order valence-electron chi connectivity index (χ0n) is 15.5. The number of carbonyl (C=O) groups is 2. The van der Waals surface area contributed by atoms with E-state index < -0.39 is 0 Å². The first-order chi connectivity index (χ1) is 13.0. The molecule has 0 unspecified atom stereocenters. The molecule has 0 atom stereocenters. The van der Waals surface area contributed by atoms with Crippen molar-refractivity contribution in [1.82, 2.24) is 4.98 Å². The van der Waals surface area contributed by atoms with Gasteiger partial charge in [-0.15, -0.1) is 0 Å².